The van der Waals surface area contributed by atoms with E-state index in [1.807, 2.05) is 31.0 Å². The SMILES string of the molecule is C#CCN(C)C(C)COc1ccc(OCC2=CCCC(C)=C2)c(C(C)=O)c1. The zero-order valence-electron chi connectivity index (χ0n) is 16.7. The van der Waals surface area contributed by atoms with Gasteiger partial charge in [0.25, 0.3) is 0 Å². The molecule has 1 aromatic rings. The van der Waals surface area contributed by atoms with Gasteiger partial charge in [0.05, 0.1) is 12.1 Å². The van der Waals surface area contributed by atoms with Gasteiger partial charge in [-0.15, -0.1) is 6.42 Å². The third kappa shape index (κ3) is 6.30. The first kappa shape index (κ1) is 20.8. The van der Waals surface area contributed by atoms with Gasteiger partial charge in [-0.05, 0) is 64.4 Å². The van der Waals surface area contributed by atoms with Crippen molar-refractivity contribution in [2.45, 2.75) is 39.7 Å². The Morgan fingerprint density at radius 2 is 2.15 bits per heavy atom. The van der Waals surface area contributed by atoms with E-state index >= 15 is 0 Å². The van der Waals surface area contributed by atoms with E-state index in [0.717, 1.165) is 18.4 Å². The van der Waals surface area contributed by atoms with Gasteiger partial charge >= 0.3 is 0 Å². The number of likely N-dealkylation sites (N-methyl/N-ethyl adjacent to an activating group) is 1. The molecule has 0 N–H and O–H groups in total. The Balaban J connectivity index is 2.02. The first-order valence-corrected chi connectivity index (χ1v) is 9.31. The maximum absolute atomic E-state index is 12.1. The maximum atomic E-state index is 12.1. The van der Waals surface area contributed by atoms with Gasteiger partial charge in [-0.2, -0.15) is 0 Å². The van der Waals surface area contributed by atoms with Crippen LogP contribution in [0.1, 0.15) is 44.0 Å². The topological polar surface area (TPSA) is 38.8 Å². The van der Waals surface area contributed by atoms with Gasteiger partial charge in [0.15, 0.2) is 5.78 Å². The van der Waals surface area contributed by atoms with Crippen LogP contribution >= 0.6 is 0 Å². The number of terminal acetylenes is 1. The number of carbonyl (C=O) groups is 1. The molecule has 4 nitrogen and oxygen atoms in total. The molecule has 0 amide bonds. The quantitative estimate of drug-likeness (QED) is 0.483. The summed E-state index contributed by atoms with van der Waals surface area (Å²) in [7, 11) is 1.96. The number of nitrogens with zero attached hydrogens (tertiary/aromatic N) is 1. The molecule has 4 heteroatoms. The van der Waals surface area contributed by atoms with Gasteiger partial charge in [-0.1, -0.05) is 23.6 Å². The van der Waals surface area contributed by atoms with Gasteiger partial charge in [-0.25, -0.2) is 0 Å². The zero-order chi connectivity index (χ0) is 19.8. The lowest BCUT2D eigenvalue weighted by Gasteiger charge is -2.22. The molecule has 0 saturated carbocycles. The Bertz CT molecular complexity index is 770. The van der Waals surface area contributed by atoms with Crippen molar-refractivity contribution < 1.29 is 14.3 Å². The van der Waals surface area contributed by atoms with Crippen LogP contribution in [-0.2, 0) is 0 Å². The molecule has 2 rings (SSSR count). The fourth-order valence-electron chi connectivity index (χ4n) is 2.84. The van der Waals surface area contributed by atoms with Gasteiger partial charge in [-0.3, -0.25) is 9.69 Å². The van der Waals surface area contributed by atoms with E-state index < -0.39 is 0 Å². The second-order valence-electron chi connectivity index (χ2n) is 7.09. The largest absolute Gasteiger partial charge is 0.492 e. The van der Waals surface area contributed by atoms with Gasteiger partial charge in [0, 0.05) is 6.04 Å². The molecule has 0 bridgehead atoms. The minimum absolute atomic E-state index is 0.0442. The third-order valence-corrected chi connectivity index (χ3v) is 4.69. The zero-order valence-corrected chi connectivity index (χ0v) is 16.7. The molecule has 1 atom stereocenters. The molecule has 1 unspecified atom stereocenters. The third-order valence-electron chi connectivity index (χ3n) is 4.69. The molecule has 27 heavy (non-hydrogen) atoms. The molecule has 144 valence electrons. The molecular formula is C23H29NO3. The molecule has 0 aliphatic heterocycles. The standard InChI is InChI=1S/C23H29NO3/c1-6-12-24(5)18(3)15-26-21-10-11-23(22(14-21)19(4)25)27-16-20-9-7-8-17(2)13-20/h1,9-11,13-14,18H,7-8,12,15-16H2,2-5H3. The van der Waals surface area contributed by atoms with Crippen molar-refractivity contribution in [1.29, 1.82) is 0 Å². The van der Waals surface area contributed by atoms with Crippen LogP contribution in [0.4, 0.5) is 0 Å². The highest BCUT2D eigenvalue weighted by Crippen LogP contribution is 2.26. The van der Waals surface area contributed by atoms with Crippen molar-refractivity contribution in [1.82, 2.24) is 4.90 Å². The molecule has 0 aromatic heterocycles. The van der Waals surface area contributed by atoms with E-state index in [1.165, 1.54) is 5.57 Å². The number of benzene rings is 1. The lowest BCUT2D eigenvalue weighted by atomic mass is 10.0. The van der Waals surface area contributed by atoms with E-state index in [2.05, 4.69) is 25.0 Å². The van der Waals surface area contributed by atoms with Crippen molar-refractivity contribution in [3.63, 3.8) is 0 Å². The molecule has 0 saturated heterocycles. The molecule has 0 radical (unpaired) electrons. The van der Waals surface area contributed by atoms with Gasteiger partial charge in [0.2, 0.25) is 0 Å². The maximum Gasteiger partial charge on any atom is 0.163 e. The number of hydrogen-bond donors (Lipinski definition) is 0. The van der Waals surface area contributed by atoms with E-state index in [9.17, 15) is 4.79 Å². The van der Waals surface area contributed by atoms with Crippen LogP contribution < -0.4 is 9.47 Å². The Hall–Kier alpha value is -2.51. The first-order chi connectivity index (χ1) is 12.9. The van der Waals surface area contributed by atoms with E-state index in [0.29, 0.717) is 36.8 Å². The van der Waals surface area contributed by atoms with Crippen LogP contribution in [0.5, 0.6) is 11.5 Å². The summed E-state index contributed by atoms with van der Waals surface area (Å²) in [6, 6.07) is 5.57. The molecule has 0 heterocycles. The van der Waals surface area contributed by atoms with Crippen LogP contribution in [-0.4, -0.2) is 43.5 Å². The normalized spacial score (nSPS) is 14.8. The minimum atomic E-state index is -0.0442. The monoisotopic (exact) mass is 367 g/mol. The Morgan fingerprint density at radius 1 is 1.37 bits per heavy atom. The fourth-order valence-corrected chi connectivity index (χ4v) is 2.84. The predicted molar refractivity (Wildman–Crippen MR) is 109 cm³/mol. The molecule has 1 aliphatic rings. The van der Waals surface area contributed by atoms with Crippen LogP contribution in [0.3, 0.4) is 0 Å². The number of hydrogen-bond acceptors (Lipinski definition) is 4. The summed E-state index contributed by atoms with van der Waals surface area (Å²) < 4.78 is 11.8. The van der Waals surface area contributed by atoms with Gasteiger partial charge < -0.3 is 9.47 Å². The van der Waals surface area contributed by atoms with Gasteiger partial charge in [0.1, 0.15) is 24.7 Å². The highest BCUT2D eigenvalue weighted by atomic mass is 16.5. The number of carbonyl (C=O) groups excluding carboxylic acids is 1. The van der Waals surface area contributed by atoms with E-state index in [-0.39, 0.29) is 11.8 Å². The first-order valence-electron chi connectivity index (χ1n) is 9.31. The molecule has 1 aromatic carbocycles. The number of rotatable bonds is 9. The lowest BCUT2D eigenvalue weighted by Crippen LogP contribution is -2.34. The highest BCUT2D eigenvalue weighted by Gasteiger charge is 2.13. The summed E-state index contributed by atoms with van der Waals surface area (Å²) in [4.78, 5) is 14.1. The summed E-state index contributed by atoms with van der Waals surface area (Å²) in [6.07, 6.45) is 11.8. The lowest BCUT2D eigenvalue weighted by molar-refractivity contribution is 0.101. The number of ketones is 1. The summed E-state index contributed by atoms with van der Waals surface area (Å²) >= 11 is 0. The van der Waals surface area contributed by atoms with Crippen LogP contribution in [0.25, 0.3) is 0 Å². The number of ether oxygens (including phenoxy) is 2. The van der Waals surface area contributed by atoms with Crippen molar-refractivity contribution >= 4 is 5.78 Å². The average molecular weight is 367 g/mol. The number of Topliss-reactive ketones (excluding diaryl/α,β-unsaturated/α-hetero) is 1. The minimum Gasteiger partial charge on any atom is -0.492 e. The Morgan fingerprint density at radius 3 is 2.81 bits per heavy atom. The predicted octanol–water partition coefficient (Wildman–Crippen LogP) is 4.27. The van der Waals surface area contributed by atoms with Crippen LogP contribution in [0, 0.1) is 12.3 Å². The molecule has 1 aliphatic carbocycles. The summed E-state index contributed by atoms with van der Waals surface area (Å²) in [5, 5.41) is 0. The summed E-state index contributed by atoms with van der Waals surface area (Å²) in [5.74, 6) is 3.82. The molecule has 0 spiro atoms. The van der Waals surface area contributed by atoms with Crippen molar-refractivity contribution in [3.05, 3.63) is 47.1 Å². The molecular weight excluding hydrogens is 338 g/mol. The smallest absolute Gasteiger partial charge is 0.163 e. The fraction of sp³-hybridized carbons (Fsp3) is 0.435. The highest BCUT2D eigenvalue weighted by molar-refractivity contribution is 5.97. The van der Waals surface area contributed by atoms with Crippen molar-refractivity contribution in [2.24, 2.45) is 0 Å². The summed E-state index contributed by atoms with van der Waals surface area (Å²) in [5.41, 5.74) is 3.05. The second kappa shape index (κ2) is 9.99. The van der Waals surface area contributed by atoms with Crippen LogP contribution in [0.15, 0.2) is 41.5 Å². The average Bonchev–Trinajstić information content (AvgIpc) is 2.64. The summed E-state index contributed by atoms with van der Waals surface area (Å²) in [6.45, 7) is 7.24. The van der Waals surface area contributed by atoms with Crippen molar-refractivity contribution in [3.8, 4) is 23.8 Å². The second-order valence-corrected chi connectivity index (χ2v) is 7.09. The van der Waals surface area contributed by atoms with E-state index in [1.54, 1.807) is 13.0 Å². The van der Waals surface area contributed by atoms with Crippen LogP contribution in [0.2, 0.25) is 0 Å². The van der Waals surface area contributed by atoms with Crippen molar-refractivity contribution in [2.75, 3.05) is 26.8 Å². The molecule has 0 fully saturated rings. The Kier molecular flexibility index (Phi) is 7.69. The van der Waals surface area contributed by atoms with E-state index in [4.69, 9.17) is 15.9 Å². The Labute approximate surface area is 162 Å². The number of allylic oxidation sites excluding steroid dienone is 2.